The summed E-state index contributed by atoms with van der Waals surface area (Å²) in [7, 11) is 0. The van der Waals surface area contributed by atoms with Crippen LogP contribution in [0.25, 0.3) is 17.0 Å². The van der Waals surface area contributed by atoms with E-state index < -0.39 is 0 Å². The second-order valence-electron chi connectivity index (χ2n) is 8.55. The average Bonchev–Trinajstić information content (AvgIpc) is 3.46. The summed E-state index contributed by atoms with van der Waals surface area (Å²) >= 11 is 0. The van der Waals surface area contributed by atoms with Crippen LogP contribution in [-0.2, 0) is 6.54 Å². The van der Waals surface area contributed by atoms with Crippen molar-refractivity contribution in [3.63, 3.8) is 0 Å². The van der Waals surface area contributed by atoms with Gasteiger partial charge in [0.15, 0.2) is 11.5 Å². The molecule has 0 N–H and O–H groups in total. The Morgan fingerprint density at radius 2 is 1.71 bits per heavy atom. The van der Waals surface area contributed by atoms with Gasteiger partial charge in [0.2, 0.25) is 0 Å². The van der Waals surface area contributed by atoms with Crippen molar-refractivity contribution in [3.8, 4) is 17.0 Å². The maximum absolute atomic E-state index is 13.2. The maximum atomic E-state index is 13.2. The molecule has 1 aliphatic heterocycles. The molecule has 0 bridgehead atoms. The molecule has 1 fully saturated rings. The fraction of sp³-hybridized carbons (Fsp3) is 0.269. The van der Waals surface area contributed by atoms with Crippen molar-refractivity contribution in [2.24, 2.45) is 0 Å². The number of halogens is 1. The van der Waals surface area contributed by atoms with Gasteiger partial charge in [0.05, 0.1) is 11.4 Å². The molecule has 174 valence electrons. The van der Waals surface area contributed by atoms with Crippen molar-refractivity contribution in [3.05, 3.63) is 89.1 Å². The van der Waals surface area contributed by atoms with Gasteiger partial charge >= 0.3 is 0 Å². The number of para-hydroxylation sites is 1. The second-order valence-corrected chi connectivity index (χ2v) is 8.55. The van der Waals surface area contributed by atoms with Crippen molar-refractivity contribution in [1.82, 2.24) is 24.7 Å². The number of carbonyl (C=O) groups is 1. The number of piperazine rings is 1. The number of amides is 1. The Labute approximate surface area is 197 Å². The van der Waals surface area contributed by atoms with Crippen LogP contribution < -0.4 is 0 Å². The van der Waals surface area contributed by atoms with Gasteiger partial charge in [0.25, 0.3) is 5.91 Å². The molecule has 0 spiro atoms. The lowest BCUT2D eigenvalue weighted by Gasteiger charge is -2.34. The summed E-state index contributed by atoms with van der Waals surface area (Å²) in [6.07, 6.45) is 0. The standard InChI is InChI=1S/C26H26FN5O2/c1-18-23(19(2)32(28-18)22-6-4-3-5-7-22)17-30-12-14-31(15-13-30)26(33)24-16-25(34-29-24)20-8-10-21(27)11-9-20/h3-11,16H,12-15,17H2,1-2H3. The van der Waals surface area contributed by atoms with E-state index in [1.54, 1.807) is 23.1 Å². The van der Waals surface area contributed by atoms with Crippen LogP contribution in [-0.4, -0.2) is 56.8 Å². The van der Waals surface area contributed by atoms with Crippen LogP contribution in [0.5, 0.6) is 0 Å². The van der Waals surface area contributed by atoms with Crippen LogP contribution >= 0.6 is 0 Å². The average molecular weight is 460 g/mol. The molecule has 8 heteroatoms. The number of hydrogen-bond acceptors (Lipinski definition) is 5. The molecule has 4 aromatic rings. The van der Waals surface area contributed by atoms with Crippen LogP contribution in [0.4, 0.5) is 4.39 Å². The van der Waals surface area contributed by atoms with Crippen molar-refractivity contribution >= 4 is 5.91 Å². The molecule has 7 nitrogen and oxygen atoms in total. The van der Waals surface area contributed by atoms with Gasteiger partial charge in [-0.1, -0.05) is 23.4 Å². The molecule has 0 atom stereocenters. The van der Waals surface area contributed by atoms with E-state index in [4.69, 9.17) is 9.62 Å². The van der Waals surface area contributed by atoms with Gasteiger partial charge in [0, 0.05) is 55.6 Å². The molecule has 1 aliphatic rings. The highest BCUT2D eigenvalue weighted by Gasteiger charge is 2.26. The van der Waals surface area contributed by atoms with Crippen LogP contribution in [0.15, 0.2) is 65.2 Å². The number of carbonyl (C=O) groups excluding carboxylic acids is 1. The van der Waals surface area contributed by atoms with Gasteiger partial charge in [-0.2, -0.15) is 5.10 Å². The van der Waals surface area contributed by atoms with Gasteiger partial charge in [0.1, 0.15) is 5.82 Å². The Bertz CT molecular complexity index is 1290. The monoisotopic (exact) mass is 459 g/mol. The van der Waals surface area contributed by atoms with Gasteiger partial charge < -0.3 is 9.42 Å². The predicted molar refractivity (Wildman–Crippen MR) is 126 cm³/mol. The number of hydrogen-bond donors (Lipinski definition) is 0. The highest BCUT2D eigenvalue weighted by atomic mass is 19.1. The van der Waals surface area contributed by atoms with Gasteiger partial charge in [-0.25, -0.2) is 9.07 Å². The largest absolute Gasteiger partial charge is 0.355 e. The molecule has 2 aromatic carbocycles. The first-order valence-electron chi connectivity index (χ1n) is 11.3. The van der Waals surface area contributed by atoms with E-state index in [-0.39, 0.29) is 17.4 Å². The van der Waals surface area contributed by atoms with Gasteiger partial charge in [-0.05, 0) is 50.2 Å². The van der Waals surface area contributed by atoms with E-state index in [2.05, 4.69) is 29.1 Å². The van der Waals surface area contributed by atoms with Crippen LogP contribution in [0.2, 0.25) is 0 Å². The van der Waals surface area contributed by atoms with Crippen molar-refractivity contribution in [1.29, 1.82) is 0 Å². The van der Waals surface area contributed by atoms with E-state index in [9.17, 15) is 9.18 Å². The number of rotatable bonds is 5. The molecule has 3 heterocycles. The predicted octanol–water partition coefficient (Wildman–Crippen LogP) is 4.24. The molecule has 34 heavy (non-hydrogen) atoms. The fourth-order valence-electron chi connectivity index (χ4n) is 4.35. The van der Waals surface area contributed by atoms with Crippen LogP contribution in [0.3, 0.4) is 0 Å². The zero-order chi connectivity index (χ0) is 23.7. The highest BCUT2D eigenvalue weighted by molar-refractivity contribution is 5.93. The fourth-order valence-corrected chi connectivity index (χ4v) is 4.35. The van der Waals surface area contributed by atoms with Gasteiger partial charge in [-0.15, -0.1) is 0 Å². The summed E-state index contributed by atoms with van der Waals surface area (Å²) < 4.78 is 20.5. The molecule has 2 aromatic heterocycles. The summed E-state index contributed by atoms with van der Waals surface area (Å²) in [6, 6.07) is 17.7. The zero-order valence-electron chi connectivity index (χ0n) is 19.2. The summed E-state index contributed by atoms with van der Waals surface area (Å²) in [5.74, 6) is -0.0281. The summed E-state index contributed by atoms with van der Waals surface area (Å²) in [4.78, 5) is 17.1. The zero-order valence-corrected chi connectivity index (χ0v) is 19.2. The van der Waals surface area contributed by atoms with E-state index in [1.807, 2.05) is 29.8 Å². The third-order valence-electron chi connectivity index (χ3n) is 6.34. The first kappa shape index (κ1) is 22.0. The normalized spacial score (nSPS) is 14.5. The number of benzene rings is 2. The maximum Gasteiger partial charge on any atom is 0.276 e. The molecule has 0 aliphatic carbocycles. The Balaban J connectivity index is 1.22. The Morgan fingerprint density at radius 1 is 1.00 bits per heavy atom. The highest BCUT2D eigenvalue weighted by Crippen LogP contribution is 2.23. The third kappa shape index (κ3) is 4.36. The smallest absolute Gasteiger partial charge is 0.276 e. The lowest BCUT2D eigenvalue weighted by molar-refractivity contribution is 0.0618. The van der Waals surface area contributed by atoms with Crippen molar-refractivity contribution < 1.29 is 13.7 Å². The van der Waals surface area contributed by atoms with E-state index in [0.717, 1.165) is 36.7 Å². The van der Waals surface area contributed by atoms with Crippen LogP contribution in [0, 0.1) is 19.7 Å². The number of nitrogens with zero attached hydrogens (tertiary/aromatic N) is 5. The van der Waals surface area contributed by atoms with E-state index in [0.29, 0.717) is 24.4 Å². The lowest BCUT2D eigenvalue weighted by Crippen LogP contribution is -2.48. The minimum atomic E-state index is -0.324. The Morgan fingerprint density at radius 3 is 2.41 bits per heavy atom. The number of aromatic nitrogens is 3. The van der Waals surface area contributed by atoms with E-state index >= 15 is 0 Å². The molecule has 1 amide bonds. The Kier molecular flexibility index (Phi) is 5.98. The SMILES string of the molecule is Cc1nn(-c2ccccc2)c(C)c1CN1CCN(C(=O)c2cc(-c3ccc(F)cc3)on2)CC1. The third-order valence-corrected chi connectivity index (χ3v) is 6.34. The molecule has 0 radical (unpaired) electrons. The minimum Gasteiger partial charge on any atom is -0.355 e. The second kappa shape index (κ2) is 9.23. The first-order valence-corrected chi connectivity index (χ1v) is 11.3. The molecular formula is C26H26FN5O2. The lowest BCUT2D eigenvalue weighted by atomic mass is 10.1. The summed E-state index contributed by atoms with van der Waals surface area (Å²) in [5, 5.41) is 8.69. The summed E-state index contributed by atoms with van der Waals surface area (Å²) in [6.45, 7) is 7.71. The van der Waals surface area contributed by atoms with Crippen molar-refractivity contribution in [2.75, 3.05) is 26.2 Å². The molecule has 5 rings (SSSR count). The Hall–Kier alpha value is -3.78. The molecule has 0 saturated carbocycles. The molecule has 0 unspecified atom stereocenters. The quantitative estimate of drug-likeness (QED) is 0.447. The van der Waals surface area contributed by atoms with Crippen LogP contribution in [0.1, 0.15) is 27.4 Å². The van der Waals surface area contributed by atoms with Crippen molar-refractivity contribution in [2.45, 2.75) is 20.4 Å². The minimum absolute atomic E-state index is 0.152. The first-order chi connectivity index (χ1) is 16.5. The topological polar surface area (TPSA) is 67.4 Å². The molecule has 1 saturated heterocycles. The van der Waals surface area contributed by atoms with Gasteiger partial charge in [-0.3, -0.25) is 9.69 Å². The number of aryl methyl sites for hydroxylation is 1. The summed E-state index contributed by atoms with van der Waals surface area (Å²) in [5.41, 5.74) is 5.39. The molecular weight excluding hydrogens is 433 g/mol. The van der Waals surface area contributed by atoms with E-state index in [1.165, 1.54) is 17.7 Å².